The second-order valence-electron chi connectivity index (χ2n) is 7.32. The van der Waals surface area contributed by atoms with Gasteiger partial charge >= 0.3 is 0 Å². The summed E-state index contributed by atoms with van der Waals surface area (Å²) in [6.45, 7) is 2.31. The molecule has 1 N–H and O–H groups in total. The number of nitrogens with zero attached hydrogens (tertiary/aromatic N) is 3. The van der Waals surface area contributed by atoms with Crippen LogP contribution in [0.15, 0.2) is 67.0 Å². The van der Waals surface area contributed by atoms with Crippen LogP contribution in [0, 0.1) is 11.7 Å². The Morgan fingerprint density at radius 2 is 1.86 bits per heavy atom. The molecule has 1 fully saturated rings. The highest BCUT2D eigenvalue weighted by Gasteiger charge is 2.26. The van der Waals surface area contributed by atoms with Crippen LogP contribution in [0.3, 0.4) is 0 Å². The Bertz CT molecular complexity index is 962. The van der Waals surface area contributed by atoms with Crippen molar-refractivity contribution in [2.75, 3.05) is 18.4 Å². The zero-order chi connectivity index (χ0) is 20.1. The van der Waals surface area contributed by atoms with E-state index in [0.717, 1.165) is 42.0 Å². The van der Waals surface area contributed by atoms with Crippen LogP contribution in [0.25, 0.3) is 11.1 Å². The number of halogens is 1. The van der Waals surface area contributed by atoms with Crippen molar-refractivity contribution < 1.29 is 9.18 Å². The van der Waals surface area contributed by atoms with Crippen molar-refractivity contribution in [2.24, 2.45) is 5.92 Å². The topological polar surface area (TPSA) is 58.1 Å². The van der Waals surface area contributed by atoms with Gasteiger partial charge in [-0.25, -0.2) is 14.4 Å². The molecule has 3 aromatic rings. The van der Waals surface area contributed by atoms with Crippen molar-refractivity contribution in [3.05, 3.63) is 78.6 Å². The number of carbonyl (C=O) groups is 1. The number of aromatic nitrogens is 2. The van der Waals surface area contributed by atoms with Gasteiger partial charge in [0.25, 0.3) is 0 Å². The number of amides is 1. The standard InChI is InChI=1S/C23H23FN4O/c24-20-6-1-4-18(14-20)17-7-9-21(10-8-17)27-23(29)19-5-2-13-28(15-19)16-22-25-11-3-12-26-22/h1,3-4,6-12,14,19H,2,5,13,15-16H2,(H,27,29). The predicted octanol–water partition coefficient (Wildman–Crippen LogP) is 4.13. The largest absolute Gasteiger partial charge is 0.326 e. The van der Waals surface area contributed by atoms with Crippen molar-refractivity contribution in [3.8, 4) is 11.1 Å². The summed E-state index contributed by atoms with van der Waals surface area (Å²) >= 11 is 0. The minimum atomic E-state index is -0.261. The van der Waals surface area contributed by atoms with Gasteiger partial charge in [-0.2, -0.15) is 0 Å². The summed E-state index contributed by atoms with van der Waals surface area (Å²) in [6.07, 6.45) is 5.33. The highest BCUT2D eigenvalue weighted by molar-refractivity contribution is 5.93. The third-order valence-corrected chi connectivity index (χ3v) is 5.17. The smallest absolute Gasteiger partial charge is 0.228 e. The molecule has 2 aromatic carbocycles. The molecule has 1 saturated heterocycles. The van der Waals surface area contributed by atoms with E-state index in [0.29, 0.717) is 13.1 Å². The first kappa shape index (κ1) is 19.2. The Morgan fingerprint density at radius 3 is 2.62 bits per heavy atom. The van der Waals surface area contributed by atoms with Gasteiger partial charge in [0.2, 0.25) is 5.91 Å². The summed E-state index contributed by atoms with van der Waals surface area (Å²) in [5.74, 6) is 0.488. The first-order chi connectivity index (χ1) is 14.2. The molecule has 0 spiro atoms. The Labute approximate surface area is 169 Å². The zero-order valence-corrected chi connectivity index (χ0v) is 16.1. The van der Waals surface area contributed by atoms with Crippen molar-refractivity contribution in [3.63, 3.8) is 0 Å². The number of hydrogen-bond acceptors (Lipinski definition) is 4. The molecule has 0 radical (unpaired) electrons. The van der Waals surface area contributed by atoms with E-state index < -0.39 is 0 Å². The lowest BCUT2D eigenvalue weighted by molar-refractivity contribution is -0.121. The Morgan fingerprint density at radius 1 is 1.07 bits per heavy atom. The van der Waals surface area contributed by atoms with Crippen LogP contribution in [0.1, 0.15) is 18.7 Å². The lowest BCUT2D eigenvalue weighted by Gasteiger charge is -2.31. The Kier molecular flexibility index (Phi) is 5.91. The van der Waals surface area contributed by atoms with Gasteiger partial charge in [-0.3, -0.25) is 9.69 Å². The maximum atomic E-state index is 13.4. The molecule has 5 nitrogen and oxygen atoms in total. The lowest BCUT2D eigenvalue weighted by Crippen LogP contribution is -2.40. The van der Waals surface area contributed by atoms with Crippen LogP contribution in [0.4, 0.5) is 10.1 Å². The van der Waals surface area contributed by atoms with Crippen LogP contribution in [-0.4, -0.2) is 33.9 Å². The third-order valence-electron chi connectivity index (χ3n) is 5.17. The van der Waals surface area contributed by atoms with Gasteiger partial charge < -0.3 is 5.32 Å². The average Bonchev–Trinajstić information content (AvgIpc) is 2.75. The zero-order valence-electron chi connectivity index (χ0n) is 16.1. The molecule has 2 heterocycles. The van der Waals surface area contributed by atoms with Gasteiger partial charge in [0.1, 0.15) is 11.6 Å². The van der Waals surface area contributed by atoms with E-state index in [4.69, 9.17) is 0 Å². The van der Waals surface area contributed by atoms with Crippen LogP contribution in [0.5, 0.6) is 0 Å². The van der Waals surface area contributed by atoms with Crippen LogP contribution >= 0.6 is 0 Å². The fourth-order valence-corrected chi connectivity index (χ4v) is 3.68. The molecule has 1 amide bonds. The van der Waals surface area contributed by atoms with Gasteiger partial charge in [-0.05, 0) is 60.8 Å². The van der Waals surface area contributed by atoms with E-state index in [9.17, 15) is 9.18 Å². The number of likely N-dealkylation sites (tertiary alicyclic amines) is 1. The van der Waals surface area contributed by atoms with Crippen molar-refractivity contribution in [2.45, 2.75) is 19.4 Å². The maximum Gasteiger partial charge on any atom is 0.228 e. The molecule has 1 unspecified atom stereocenters. The molecule has 1 aliphatic heterocycles. The van der Waals surface area contributed by atoms with Crippen molar-refractivity contribution >= 4 is 11.6 Å². The number of rotatable bonds is 5. The van der Waals surface area contributed by atoms with Gasteiger partial charge in [-0.15, -0.1) is 0 Å². The molecule has 4 rings (SSSR count). The number of anilines is 1. The highest BCUT2D eigenvalue weighted by atomic mass is 19.1. The summed E-state index contributed by atoms with van der Waals surface area (Å²) in [6, 6.07) is 15.8. The number of benzene rings is 2. The van der Waals surface area contributed by atoms with Gasteiger partial charge in [-0.1, -0.05) is 24.3 Å². The minimum absolute atomic E-state index is 0.0298. The fourth-order valence-electron chi connectivity index (χ4n) is 3.68. The van der Waals surface area contributed by atoms with Gasteiger partial charge in [0.05, 0.1) is 12.5 Å². The number of hydrogen-bond donors (Lipinski definition) is 1. The quantitative estimate of drug-likeness (QED) is 0.712. The summed E-state index contributed by atoms with van der Waals surface area (Å²) in [5, 5.41) is 3.02. The van der Waals surface area contributed by atoms with E-state index in [1.165, 1.54) is 12.1 Å². The molecular weight excluding hydrogens is 367 g/mol. The molecule has 1 atom stereocenters. The van der Waals surface area contributed by atoms with Crippen LogP contribution in [0.2, 0.25) is 0 Å². The fraction of sp³-hybridized carbons (Fsp3) is 0.261. The average molecular weight is 390 g/mol. The molecule has 0 saturated carbocycles. The summed E-state index contributed by atoms with van der Waals surface area (Å²) in [4.78, 5) is 23.5. The first-order valence-corrected chi connectivity index (χ1v) is 9.82. The van der Waals surface area contributed by atoms with Crippen molar-refractivity contribution in [1.82, 2.24) is 14.9 Å². The summed E-state index contributed by atoms with van der Waals surface area (Å²) in [5.41, 5.74) is 2.47. The second-order valence-corrected chi connectivity index (χ2v) is 7.32. The first-order valence-electron chi connectivity index (χ1n) is 9.82. The number of piperidine rings is 1. The predicted molar refractivity (Wildman–Crippen MR) is 110 cm³/mol. The summed E-state index contributed by atoms with van der Waals surface area (Å²) < 4.78 is 13.4. The lowest BCUT2D eigenvalue weighted by atomic mass is 9.97. The molecule has 1 aromatic heterocycles. The van der Waals surface area contributed by atoms with Crippen molar-refractivity contribution in [1.29, 1.82) is 0 Å². The Hall–Kier alpha value is -3.12. The summed E-state index contributed by atoms with van der Waals surface area (Å²) in [7, 11) is 0. The SMILES string of the molecule is O=C(Nc1ccc(-c2cccc(F)c2)cc1)C1CCCN(Cc2ncccn2)C1. The molecule has 0 bridgehead atoms. The molecule has 29 heavy (non-hydrogen) atoms. The van der Waals surface area contributed by atoms with Crippen LogP contribution < -0.4 is 5.32 Å². The number of nitrogens with one attached hydrogen (secondary N) is 1. The van der Waals surface area contributed by atoms with E-state index >= 15 is 0 Å². The maximum absolute atomic E-state index is 13.4. The number of carbonyl (C=O) groups excluding carboxylic acids is 1. The molecule has 148 valence electrons. The monoisotopic (exact) mass is 390 g/mol. The van der Waals surface area contributed by atoms with E-state index in [1.807, 2.05) is 30.3 Å². The molecule has 6 heteroatoms. The normalized spacial score (nSPS) is 17.1. The molecular formula is C23H23FN4O. The van der Waals surface area contributed by atoms with E-state index in [1.54, 1.807) is 24.5 Å². The van der Waals surface area contributed by atoms with E-state index in [2.05, 4.69) is 20.2 Å². The van der Waals surface area contributed by atoms with E-state index in [-0.39, 0.29) is 17.6 Å². The Balaban J connectivity index is 1.36. The molecule has 1 aliphatic rings. The van der Waals surface area contributed by atoms with Crippen LogP contribution in [-0.2, 0) is 11.3 Å². The third kappa shape index (κ3) is 5.03. The second kappa shape index (κ2) is 8.92. The van der Waals surface area contributed by atoms with Gasteiger partial charge in [0.15, 0.2) is 0 Å². The van der Waals surface area contributed by atoms with Gasteiger partial charge in [0, 0.05) is 24.6 Å². The minimum Gasteiger partial charge on any atom is -0.326 e. The highest BCUT2D eigenvalue weighted by Crippen LogP contribution is 2.24. The molecule has 0 aliphatic carbocycles.